The van der Waals surface area contributed by atoms with Gasteiger partial charge in [0.05, 0.1) is 18.5 Å². The average molecular weight is 460 g/mol. The zero-order valence-corrected chi connectivity index (χ0v) is 18.3. The first-order chi connectivity index (χ1) is 15.8. The van der Waals surface area contributed by atoms with Gasteiger partial charge in [-0.1, -0.05) is 6.07 Å². The monoisotopic (exact) mass is 460 g/mol. The van der Waals surface area contributed by atoms with Crippen LogP contribution in [0.15, 0.2) is 41.4 Å². The highest BCUT2D eigenvalue weighted by molar-refractivity contribution is 6.13. The number of piperazine rings is 1. The number of nitrogens with one attached hydrogen (secondary N) is 1. The molecule has 0 aliphatic carbocycles. The van der Waals surface area contributed by atoms with Crippen LogP contribution in [-0.4, -0.2) is 76.7 Å². The summed E-state index contributed by atoms with van der Waals surface area (Å²) in [6.07, 6.45) is 3.77. The zero-order chi connectivity index (χ0) is 23.7. The predicted octanol–water partition coefficient (Wildman–Crippen LogP) is 1.44. The fourth-order valence-electron chi connectivity index (χ4n) is 4.86. The summed E-state index contributed by atoms with van der Waals surface area (Å²) in [7, 11) is 1.71. The summed E-state index contributed by atoms with van der Waals surface area (Å²) < 4.78 is 25.1. The van der Waals surface area contributed by atoms with Gasteiger partial charge in [0, 0.05) is 43.5 Å². The van der Waals surface area contributed by atoms with Crippen LogP contribution in [-0.2, 0) is 20.9 Å². The van der Waals surface area contributed by atoms with E-state index in [1.54, 1.807) is 16.8 Å². The maximum Gasteiger partial charge on any atom is 0.275 e. The van der Waals surface area contributed by atoms with Gasteiger partial charge in [0.25, 0.3) is 5.91 Å². The smallest absolute Gasteiger partial charge is 0.275 e. The number of hydrogen-bond acceptors (Lipinski definition) is 7. The number of ketones is 1. The molecule has 0 saturated carbocycles. The van der Waals surface area contributed by atoms with Crippen LogP contribution in [0.3, 0.4) is 0 Å². The SMILES string of the molecule is CNCc1ccc(F)cc1F.O=CC1=CN2CC3N(CC4CCCN43)C(=O)C2=C(O)CC1=O. The van der Waals surface area contributed by atoms with Crippen molar-refractivity contribution in [2.45, 2.75) is 38.0 Å². The number of Topliss-reactive ketones (excluding diaryl/α,β-unsaturated/α-hetero) is 1. The van der Waals surface area contributed by atoms with Gasteiger partial charge in [0.1, 0.15) is 29.3 Å². The lowest BCUT2D eigenvalue weighted by Gasteiger charge is -2.40. The van der Waals surface area contributed by atoms with Gasteiger partial charge in [-0.2, -0.15) is 0 Å². The number of rotatable bonds is 3. The minimum Gasteiger partial charge on any atom is -0.509 e. The molecule has 1 aromatic rings. The van der Waals surface area contributed by atoms with Gasteiger partial charge in [-0.3, -0.25) is 19.3 Å². The fraction of sp³-hybridized carbons (Fsp3) is 0.435. The molecule has 10 heteroatoms. The van der Waals surface area contributed by atoms with Gasteiger partial charge >= 0.3 is 0 Å². The first kappa shape index (κ1) is 23.1. The summed E-state index contributed by atoms with van der Waals surface area (Å²) in [5.74, 6) is -1.99. The van der Waals surface area contributed by atoms with Crippen molar-refractivity contribution < 1.29 is 28.3 Å². The molecule has 4 heterocycles. The molecule has 1 aromatic carbocycles. The Morgan fingerprint density at radius 1 is 1.24 bits per heavy atom. The van der Waals surface area contributed by atoms with Gasteiger partial charge in [0.2, 0.25) is 0 Å². The molecule has 33 heavy (non-hydrogen) atoms. The van der Waals surface area contributed by atoms with Crippen LogP contribution in [0.5, 0.6) is 0 Å². The average Bonchev–Trinajstić information content (AvgIpc) is 3.33. The van der Waals surface area contributed by atoms with Crippen LogP contribution in [0, 0.1) is 11.6 Å². The van der Waals surface area contributed by atoms with Crippen molar-refractivity contribution in [3.63, 3.8) is 0 Å². The van der Waals surface area contributed by atoms with E-state index in [4.69, 9.17) is 0 Å². The first-order valence-electron chi connectivity index (χ1n) is 10.9. The molecule has 8 nitrogen and oxygen atoms in total. The zero-order valence-electron chi connectivity index (χ0n) is 18.3. The number of nitrogens with zero attached hydrogens (tertiary/aromatic N) is 3. The molecular formula is C23H26F2N4O4. The molecule has 2 atom stereocenters. The van der Waals surface area contributed by atoms with E-state index in [0.717, 1.165) is 25.5 Å². The van der Waals surface area contributed by atoms with Crippen molar-refractivity contribution in [2.75, 3.05) is 26.7 Å². The molecule has 4 aliphatic heterocycles. The van der Waals surface area contributed by atoms with Crippen molar-refractivity contribution in [2.24, 2.45) is 0 Å². The third kappa shape index (κ3) is 4.40. The van der Waals surface area contributed by atoms with E-state index in [0.29, 0.717) is 37.5 Å². The number of aliphatic hydroxyl groups excluding tert-OH is 1. The lowest BCUT2D eigenvalue weighted by atomic mass is 10.1. The van der Waals surface area contributed by atoms with Crippen molar-refractivity contribution in [3.8, 4) is 0 Å². The van der Waals surface area contributed by atoms with Crippen molar-refractivity contribution in [3.05, 3.63) is 58.6 Å². The highest BCUT2D eigenvalue weighted by atomic mass is 19.1. The Morgan fingerprint density at radius 2 is 2.03 bits per heavy atom. The molecular weight excluding hydrogens is 434 g/mol. The van der Waals surface area contributed by atoms with Crippen LogP contribution in [0.4, 0.5) is 8.78 Å². The van der Waals surface area contributed by atoms with Crippen LogP contribution in [0.2, 0.25) is 0 Å². The van der Waals surface area contributed by atoms with Crippen molar-refractivity contribution >= 4 is 18.0 Å². The third-order valence-electron chi connectivity index (χ3n) is 6.41. The normalized spacial score (nSPS) is 24.5. The Kier molecular flexibility index (Phi) is 6.57. The molecule has 2 unspecified atom stereocenters. The quantitative estimate of drug-likeness (QED) is 0.521. The number of halogens is 2. The number of hydrogen-bond donors (Lipinski definition) is 2. The topological polar surface area (TPSA) is 93.2 Å². The van der Waals surface area contributed by atoms with E-state index in [1.807, 2.05) is 0 Å². The standard InChI is InChI=1S/C15H17N3O4.C8H9F2N/c19-8-9-5-16-7-13-17-3-1-2-10(17)6-18(13)15(22)14(16)12(21)4-11(9)20;1-11-5-6-2-3-7(9)4-8(6)10/h5,8,10,13,21H,1-4,6-7H2;2-4,11H,5H2,1H3. The molecule has 4 aliphatic rings. The molecule has 176 valence electrons. The molecule has 3 saturated heterocycles. The lowest BCUT2D eigenvalue weighted by Crippen LogP contribution is -2.55. The van der Waals surface area contributed by atoms with E-state index >= 15 is 0 Å². The second kappa shape index (κ2) is 9.40. The van der Waals surface area contributed by atoms with Crippen molar-refractivity contribution in [1.82, 2.24) is 20.0 Å². The second-order valence-corrected chi connectivity index (χ2v) is 8.49. The van der Waals surface area contributed by atoms with Crippen LogP contribution in [0.25, 0.3) is 0 Å². The Balaban J connectivity index is 0.000000200. The Labute approximate surface area is 190 Å². The molecule has 1 amide bonds. The van der Waals surface area contributed by atoms with Crippen LogP contribution in [0.1, 0.15) is 24.8 Å². The third-order valence-corrected chi connectivity index (χ3v) is 6.41. The molecule has 0 radical (unpaired) electrons. The predicted molar refractivity (Wildman–Crippen MR) is 114 cm³/mol. The van der Waals surface area contributed by atoms with Crippen molar-refractivity contribution in [1.29, 1.82) is 0 Å². The summed E-state index contributed by atoms with van der Waals surface area (Å²) >= 11 is 0. The number of aldehydes is 1. The number of aliphatic hydroxyl groups is 1. The van der Waals surface area contributed by atoms with Gasteiger partial charge in [0.15, 0.2) is 12.1 Å². The first-order valence-corrected chi connectivity index (χ1v) is 10.9. The number of allylic oxidation sites excluding steroid dienone is 2. The van der Waals surface area contributed by atoms with Gasteiger partial charge in [-0.15, -0.1) is 0 Å². The summed E-state index contributed by atoms with van der Waals surface area (Å²) in [5.41, 5.74) is 0.621. The minimum absolute atomic E-state index is 0.00114. The van der Waals surface area contributed by atoms with E-state index in [1.165, 1.54) is 18.3 Å². The Hall–Kier alpha value is -3.11. The van der Waals surface area contributed by atoms with Crippen LogP contribution < -0.4 is 5.32 Å². The lowest BCUT2D eigenvalue weighted by molar-refractivity contribution is -0.134. The highest BCUT2D eigenvalue weighted by Crippen LogP contribution is 2.36. The molecule has 0 aromatic heterocycles. The summed E-state index contributed by atoms with van der Waals surface area (Å²) in [6.45, 7) is 2.53. The Bertz CT molecular complexity index is 1040. The Morgan fingerprint density at radius 3 is 2.73 bits per heavy atom. The minimum atomic E-state index is -0.539. The van der Waals surface area contributed by atoms with E-state index in [9.17, 15) is 28.3 Å². The van der Waals surface area contributed by atoms with Gasteiger partial charge < -0.3 is 20.2 Å². The fourth-order valence-corrected chi connectivity index (χ4v) is 4.86. The molecule has 2 N–H and O–H groups in total. The van der Waals surface area contributed by atoms with E-state index in [2.05, 4.69) is 10.2 Å². The van der Waals surface area contributed by atoms with Gasteiger partial charge in [-0.05, 0) is 26.0 Å². The number of benzene rings is 1. The number of carbonyl (C=O) groups is 3. The maximum absolute atomic E-state index is 12.8. The summed E-state index contributed by atoms with van der Waals surface area (Å²) in [6, 6.07) is 3.94. The highest BCUT2D eigenvalue weighted by Gasteiger charge is 2.49. The molecule has 5 rings (SSSR count). The number of fused-ring (bicyclic) bond motifs is 4. The largest absolute Gasteiger partial charge is 0.509 e. The van der Waals surface area contributed by atoms with Gasteiger partial charge in [-0.25, -0.2) is 8.78 Å². The van der Waals surface area contributed by atoms with E-state index in [-0.39, 0.29) is 35.5 Å². The second-order valence-electron chi connectivity index (χ2n) is 8.49. The number of amides is 1. The van der Waals surface area contributed by atoms with Crippen LogP contribution >= 0.6 is 0 Å². The molecule has 0 spiro atoms. The summed E-state index contributed by atoms with van der Waals surface area (Å²) in [5, 5.41) is 13.0. The van der Waals surface area contributed by atoms with E-state index < -0.39 is 17.4 Å². The molecule has 0 bridgehead atoms. The molecule has 3 fully saturated rings. The number of carbonyl (C=O) groups excluding carboxylic acids is 3. The summed E-state index contributed by atoms with van der Waals surface area (Å²) in [4.78, 5) is 41.4. The maximum atomic E-state index is 12.8.